The lowest BCUT2D eigenvalue weighted by molar-refractivity contribution is -0.129. The molecule has 0 saturated carbocycles. The summed E-state index contributed by atoms with van der Waals surface area (Å²) in [6.45, 7) is 8.16. The van der Waals surface area contributed by atoms with E-state index in [9.17, 15) is 9.59 Å². The van der Waals surface area contributed by atoms with Gasteiger partial charge in [0.2, 0.25) is 11.8 Å². The van der Waals surface area contributed by atoms with Crippen LogP contribution in [-0.4, -0.2) is 30.4 Å². The number of nitrogens with two attached hydrogens (primary N) is 1. The Kier molecular flexibility index (Phi) is 7.54. The Morgan fingerprint density at radius 2 is 1.76 bits per heavy atom. The summed E-state index contributed by atoms with van der Waals surface area (Å²) in [5.41, 5.74) is 5.78. The zero-order valence-corrected chi connectivity index (χ0v) is 11.2. The van der Waals surface area contributed by atoms with E-state index in [0.717, 1.165) is 12.8 Å². The van der Waals surface area contributed by atoms with Gasteiger partial charge in [-0.15, -0.1) is 0 Å². The second-order valence-electron chi connectivity index (χ2n) is 4.43. The molecule has 0 aromatic rings. The second kappa shape index (κ2) is 8.06. The Balaban J connectivity index is 4.14. The monoisotopic (exact) mass is 243 g/mol. The third-order valence-corrected chi connectivity index (χ3v) is 2.86. The molecular formula is C12H25N3O2. The molecule has 100 valence electrons. The van der Waals surface area contributed by atoms with Crippen molar-refractivity contribution in [2.24, 2.45) is 11.7 Å². The van der Waals surface area contributed by atoms with Crippen molar-refractivity contribution in [3.8, 4) is 0 Å². The Morgan fingerprint density at radius 3 is 2.24 bits per heavy atom. The van der Waals surface area contributed by atoms with Gasteiger partial charge in [0.05, 0.1) is 6.04 Å². The summed E-state index contributed by atoms with van der Waals surface area (Å²) in [6, 6.07) is -1.09. The molecule has 3 atom stereocenters. The molecule has 0 fully saturated rings. The molecule has 5 heteroatoms. The van der Waals surface area contributed by atoms with Crippen molar-refractivity contribution < 1.29 is 9.59 Å². The zero-order valence-electron chi connectivity index (χ0n) is 11.2. The van der Waals surface area contributed by atoms with Gasteiger partial charge >= 0.3 is 0 Å². The predicted molar refractivity (Wildman–Crippen MR) is 68.3 cm³/mol. The highest BCUT2D eigenvalue weighted by Crippen LogP contribution is 2.05. The number of carbonyl (C=O) groups is 2. The molecule has 2 unspecified atom stereocenters. The fourth-order valence-electron chi connectivity index (χ4n) is 1.29. The fourth-order valence-corrected chi connectivity index (χ4v) is 1.29. The van der Waals surface area contributed by atoms with Gasteiger partial charge in [-0.1, -0.05) is 27.2 Å². The topological polar surface area (TPSA) is 84.2 Å². The van der Waals surface area contributed by atoms with E-state index in [0.29, 0.717) is 6.54 Å². The van der Waals surface area contributed by atoms with Crippen molar-refractivity contribution in [2.75, 3.05) is 6.54 Å². The van der Waals surface area contributed by atoms with Crippen molar-refractivity contribution in [3.63, 3.8) is 0 Å². The van der Waals surface area contributed by atoms with E-state index >= 15 is 0 Å². The second-order valence-corrected chi connectivity index (χ2v) is 4.43. The number of nitrogens with one attached hydrogen (secondary N) is 2. The molecule has 0 bridgehead atoms. The molecule has 5 nitrogen and oxygen atoms in total. The summed E-state index contributed by atoms with van der Waals surface area (Å²) < 4.78 is 0. The first kappa shape index (κ1) is 15.9. The molecule has 0 heterocycles. The van der Waals surface area contributed by atoms with Crippen LogP contribution < -0.4 is 16.4 Å². The minimum atomic E-state index is -0.554. The van der Waals surface area contributed by atoms with E-state index in [4.69, 9.17) is 5.73 Å². The van der Waals surface area contributed by atoms with Crippen LogP contribution in [0.3, 0.4) is 0 Å². The molecule has 0 aliphatic heterocycles. The molecule has 4 N–H and O–H groups in total. The Morgan fingerprint density at radius 1 is 1.18 bits per heavy atom. The average Bonchev–Trinajstić information content (AvgIpc) is 2.33. The van der Waals surface area contributed by atoms with Crippen LogP contribution >= 0.6 is 0 Å². The van der Waals surface area contributed by atoms with Crippen LogP contribution in [-0.2, 0) is 9.59 Å². The standard InChI is InChI=1S/C12H25N3O2/c1-5-7-14-11(16)9(4)15-12(17)10(13)8(3)6-2/h8-10H,5-7,13H2,1-4H3,(H,14,16)(H,15,17)/t8?,9?,10-/m0/s1. The lowest BCUT2D eigenvalue weighted by Gasteiger charge is -2.20. The molecular weight excluding hydrogens is 218 g/mol. The van der Waals surface area contributed by atoms with Crippen molar-refractivity contribution >= 4 is 11.8 Å². The highest BCUT2D eigenvalue weighted by atomic mass is 16.2. The Bertz CT molecular complexity index is 256. The van der Waals surface area contributed by atoms with E-state index in [1.54, 1.807) is 6.92 Å². The molecule has 0 saturated heterocycles. The van der Waals surface area contributed by atoms with Crippen LogP contribution in [0.4, 0.5) is 0 Å². The lowest BCUT2D eigenvalue weighted by Crippen LogP contribution is -2.52. The molecule has 0 aliphatic rings. The van der Waals surface area contributed by atoms with Gasteiger partial charge in [0.15, 0.2) is 0 Å². The van der Waals surface area contributed by atoms with Crippen LogP contribution in [0.1, 0.15) is 40.5 Å². The Hall–Kier alpha value is -1.10. The average molecular weight is 243 g/mol. The number of hydrogen-bond donors (Lipinski definition) is 3. The van der Waals surface area contributed by atoms with Gasteiger partial charge in [0, 0.05) is 6.54 Å². The van der Waals surface area contributed by atoms with Gasteiger partial charge in [-0.25, -0.2) is 0 Å². The van der Waals surface area contributed by atoms with Gasteiger partial charge in [-0.2, -0.15) is 0 Å². The summed E-state index contributed by atoms with van der Waals surface area (Å²) in [7, 11) is 0. The van der Waals surface area contributed by atoms with Crippen molar-refractivity contribution in [2.45, 2.75) is 52.6 Å². The number of hydrogen-bond acceptors (Lipinski definition) is 3. The lowest BCUT2D eigenvalue weighted by atomic mass is 9.99. The minimum Gasteiger partial charge on any atom is -0.354 e. The summed E-state index contributed by atoms with van der Waals surface area (Å²) in [4.78, 5) is 23.2. The van der Waals surface area contributed by atoms with Gasteiger partial charge in [0.25, 0.3) is 0 Å². The highest BCUT2D eigenvalue weighted by molar-refractivity contribution is 5.89. The van der Waals surface area contributed by atoms with Gasteiger partial charge in [-0.05, 0) is 19.3 Å². The van der Waals surface area contributed by atoms with Crippen LogP contribution in [0.15, 0.2) is 0 Å². The van der Waals surface area contributed by atoms with Crippen molar-refractivity contribution in [1.82, 2.24) is 10.6 Å². The number of carbonyl (C=O) groups excluding carboxylic acids is 2. The predicted octanol–water partition coefficient (Wildman–Crippen LogP) is 0.391. The van der Waals surface area contributed by atoms with Crippen LogP contribution in [0.2, 0.25) is 0 Å². The largest absolute Gasteiger partial charge is 0.354 e. The number of amides is 2. The molecule has 0 radical (unpaired) electrons. The molecule has 2 amide bonds. The minimum absolute atomic E-state index is 0.112. The zero-order chi connectivity index (χ0) is 13.4. The Labute approximate surface area is 104 Å². The van der Waals surface area contributed by atoms with Crippen LogP contribution in [0, 0.1) is 5.92 Å². The van der Waals surface area contributed by atoms with E-state index in [2.05, 4.69) is 10.6 Å². The quantitative estimate of drug-likeness (QED) is 0.605. The van der Waals surface area contributed by atoms with E-state index in [1.807, 2.05) is 20.8 Å². The first-order valence-electron chi connectivity index (χ1n) is 6.27. The molecule has 17 heavy (non-hydrogen) atoms. The highest BCUT2D eigenvalue weighted by Gasteiger charge is 2.22. The van der Waals surface area contributed by atoms with Gasteiger partial charge in [-0.3, -0.25) is 9.59 Å². The van der Waals surface area contributed by atoms with Crippen molar-refractivity contribution in [1.29, 1.82) is 0 Å². The summed E-state index contributed by atoms with van der Waals surface area (Å²) in [6.07, 6.45) is 1.71. The van der Waals surface area contributed by atoms with Crippen LogP contribution in [0.5, 0.6) is 0 Å². The van der Waals surface area contributed by atoms with Crippen LogP contribution in [0.25, 0.3) is 0 Å². The molecule has 0 aromatic carbocycles. The molecule has 0 spiro atoms. The van der Waals surface area contributed by atoms with Gasteiger partial charge in [0.1, 0.15) is 6.04 Å². The maximum absolute atomic E-state index is 11.7. The summed E-state index contributed by atoms with van der Waals surface area (Å²) in [5.74, 6) is -0.323. The maximum atomic E-state index is 11.7. The SMILES string of the molecule is CCCNC(=O)C(C)NC(=O)[C@@H](N)C(C)CC. The third kappa shape index (κ3) is 5.68. The maximum Gasteiger partial charge on any atom is 0.242 e. The normalized spacial score (nSPS) is 15.8. The first-order valence-corrected chi connectivity index (χ1v) is 6.27. The molecule has 0 aromatic heterocycles. The van der Waals surface area contributed by atoms with E-state index < -0.39 is 12.1 Å². The molecule has 0 rings (SSSR count). The van der Waals surface area contributed by atoms with Gasteiger partial charge < -0.3 is 16.4 Å². The fraction of sp³-hybridized carbons (Fsp3) is 0.833. The van der Waals surface area contributed by atoms with E-state index in [1.165, 1.54) is 0 Å². The smallest absolute Gasteiger partial charge is 0.242 e. The van der Waals surface area contributed by atoms with Crippen molar-refractivity contribution in [3.05, 3.63) is 0 Å². The third-order valence-electron chi connectivity index (χ3n) is 2.86. The summed E-state index contributed by atoms with van der Waals surface area (Å²) >= 11 is 0. The van der Waals surface area contributed by atoms with E-state index in [-0.39, 0.29) is 17.7 Å². The summed E-state index contributed by atoms with van der Waals surface area (Å²) in [5, 5.41) is 5.35. The first-order chi connectivity index (χ1) is 7.93. The number of rotatable bonds is 7. The molecule has 0 aliphatic carbocycles.